The molecule has 1 aliphatic heterocycles. The number of carbonyl (C=O) groups is 2. The molecule has 0 aliphatic carbocycles. The Bertz CT molecular complexity index is 816. The number of likely N-dealkylation sites (tertiary alicyclic amines) is 1. The average molecular weight is 331 g/mol. The Morgan fingerprint density at radius 2 is 1.92 bits per heavy atom. The molecule has 0 bridgehead atoms. The number of amides is 2. The van der Waals surface area contributed by atoms with Crippen LogP contribution in [0, 0.1) is 5.92 Å². The summed E-state index contributed by atoms with van der Waals surface area (Å²) in [4.78, 5) is 42.3. The smallest absolute Gasteiger partial charge is 0.323 e. The largest absolute Gasteiger partial charge is 0.369 e. The normalized spacial score (nSPS) is 17.7. The molecule has 0 saturated carbocycles. The first kappa shape index (κ1) is 16.3. The first-order valence-electron chi connectivity index (χ1n) is 8.00. The fourth-order valence-corrected chi connectivity index (χ4v) is 3.09. The number of hydrogen-bond donors (Lipinski definition) is 4. The Morgan fingerprint density at radius 1 is 1.25 bits per heavy atom. The Balaban J connectivity index is 1.63. The first-order valence-corrected chi connectivity index (χ1v) is 8.00. The molecule has 3 rings (SSSR count). The molecule has 8 heteroatoms. The summed E-state index contributed by atoms with van der Waals surface area (Å²) in [6.07, 6.45) is 1.37. The Morgan fingerprint density at radius 3 is 2.58 bits per heavy atom. The Hall–Kier alpha value is -2.61. The average Bonchev–Trinajstić information content (AvgIpc) is 2.93. The summed E-state index contributed by atoms with van der Waals surface area (Å²) in [6, 6.07) is 4.90. The van der Waals surface area contributed by atoms with E-state index in [4.69, 9.17) is 5.73 Å². The van der Waals surface area contributed by atoms with Crippen LogP contribution >= 0.6 is 0 Å². The van der Waals surface area contributed by atoms with Crippen LogP contribution in [0.4, 0.5) is 5.69 Å². The number of H-pyrrole nitrogens is 2. The summed E-state index contributed by atoms with van der Waals surface area (Å²) in [5, 5.41) is 2.87. The molecule has 0 spiro atoms. The van der Waals surface area contributed by atoms with Crippen LogP contribution in [0.15, 0.2) is 23.0 Å². The molecule has 2 amide bonds. The summed E-state index contributed by atoms with van der Waals surface area (Å²) >= 11 is 0. The zero-order valence-corrected chi connectivity index (χ0v) is 13.5. The van der Waals surface area contributed by atoms with E-state index in [-0.39, 0.29) is 29.5 Å². The highest BCUT2D eigenvalue weighted by Gasteiger charge is 2.28. The van der Waals surface area contributed by atoms with Crippen molar-refractivity contribution in [1.29, 1.82) is 0 Å². The molecule has 2 aromatic rings. The summed E-state index contributed by atoms with van der Waals surface area (Å²) in [5.74, 6) is -0.477. The van der Waals surface area contributed by atoms with E-state index in [2.05, 4.69) is 15.3 Å². The van der Waals surface area contributed by atoms with Gasteiger partial charge in [0, 0.05) is 11.6 Å². The maximum Gasteiger partial charge on any atom is 0.323 e. The van der Waals surface area contributed by atoms with E-state index in [1.54, 1.807) is 18.2 Å². The molecule has 1 aliphatic rings. The van der Waals surface area contributed by atoms with Gasteiger partial charge in [-0.3, -0.25) is 14.5 Å². The number of primary amides is 1. The highest BCUT2D eigenvalue weighted by atomic mass is 16.2. The van der Waals surface area contributed by atoms with Crippen molar-refractivity contribution in [3.8, 4) is 0 Å². The second kappa shape index (κ2) is 6.48. The number of imidazole rings is 1. The van der Waals surface area contributed by atoms with E-state index in [0.717, 1.165) is 0 Å². The fourth-order valence-electron chi connectivity index (χ4n) is 3.09. The number of nitrogens with two attached hydrogens (primary N) is 1. The number of aromatic amines is 2. The third kappa shape index (κ3) is 3.33. The summed E-state index contributed by atoms with van der Waals surface area (Å²) in [7, 11) is 0. The molecule has 1 aromatic heterocycles. The Kier molecular flexibility index (Phi) is 4.39. The van der Waals surface area contributed by atoms with Crippen LogP contribution in [-0.2, 0) is 9.59 Å². The van der Waals surface area contributed by atoms with Gasteiger partial charge in [0.2, 0.25) is 11.8 Å². The van der Waals surface area contributed by atoms with Crippen molar-refractivity contribution >= 4 is 28.5 Å². The number of fused-ring (bicyclic) bond motifs is 1. The van der Waals surface area contributed by atoms with Gasteiger partial charge in [0.15, 0.2) is 0 Å². The summed E-state index contributed by atoms with van der Waals surface area (Å²) in [6.45, 7) is 3.19. The number of rotatable bonds is 4. The third-order valence-electron chi connectivity index (χ3n) is 4.64. The van der Waals surface area contributed by atoms with Crippen molar-refractivity contribution in [2.75, 3.05) is 18.4 Å². The van der Waals surface area contributed by atoms with Crippen LogP contribution in [-0.4, -0.2) is 45.8 Å². The lowest BCUT2D eigenvalue weighted by Crippen LogP contribution is -2.47. The lowest BCUT2D eigenvalue weighted by Gasteiger charge is -2.34. The predicted octanol–water partition coefficient (Wildman–Crippen LogP) is 0.381. The topological polar surface area (TPSA) is 124 Å². The van der Waals surface area contributed by atoms with E-state index in [9.17, 15) is 14.4 Å². The quantitative estimate of drug-likeness (QED) is 0.646. The van der Waals surface area contributed by atoms with Gasteiger partial charge in [0.25, 0.3) is 0 Å². The molecule has 1 fully saturated rings. The highest BCUT2D eigenvalue weighted by molar-refractivity contribution is 5.96. The van der Waals surface area contributed by atoms with Crippen molar-refractivity contribution in [3.63, 3.8) is 0 Å². The molecule has 1 aromatic carbocycles. The number of carbonyl (C=O) groups excluding carboxylic acids is 2. The van der Waals surface area contributed by atoms with Crippen molar-refractivity contribution in [3.05, 3.63) is 28.7 Å². The van der Waals surface area contributed by atoms with E-state index >= 15 is 0 Å². The van der Waals surface area contributed by atoms with Crippen LogP contribution in [0.2, 0.25) is 0 Å². The molecule has 5 N–H and O–H groups in total. The van der Waals surface area contributed by atoms with E-state index in [0.29, 0.717) is 42.7 Å². The van der Waals surface area contributed by atoms with Gasteiger partial charge in [-0.25, -0.2) is 4.79 Å². The molecule has 0 unspecified atom stereocenters. The van der Waals surface area contributed by atoms with Crippen molar-refractivity contribution in [2.45, 2.75) is 25.8 Å². The second-order valence-corrected chi connectivity index (χ2v) is 6.22. The minimum Gasteiger partial charge on any atom is -0.369 e. The Labute approximate surface area is 138 Å². The van der Waals surface area contributed by atoms with Crippen LogP contribution in [0.5, 0.6) is 0 Å². The lowest BCUT2D eigenvalue weighted by molar-refractivity contribution is -0.124. The number of anilines is 1. The summed E-state index contributed by atoms with van der Waals surface area (Å²) < 4.78 is 0. The minimum absolute atomic E-state index is 0.0932. The van der Waals surface area contributed by atoms with Gasteiger partial charge in [-0.2, -0.15) is 0 Å². The van der Waals surface area contributed by atoms with Gasteiger partial charge < -0.3 is 21.0 Å². The SMILES string of the molecule is C[C@@H](C(=O)Nc1ccc2[nH]c(=O)[nH]c2c1)N1CCC(C(N)=O)CC1. The number of hydrogen-bond acceptors (Lipinski definition) is 4. The van der Waals surface area contributed by atoms with Crippen LogP contribution in [0.1, 0.15) is 19.8 Å². The molecule has 1 saturated heterocycles. The van der Waals surface area contributed by atoms with E-state index in [1.165, 1.54) is 0 Å². The van der Waals surface area contributed by atoms with Gasteiger partial charge in [-0.15, -0.1) is 0 Å². The van der Waals surface area contributed by atoms with Crippen LogP contribution in [0.3, 0.4) is 0 Å². The van der Waals surface area contributed by atoms with Gasteiger partial charge in [-0.1, -0.05) is 0 Å². The predicted molar refractivity (Wildman–Crippen MR) is 90.5 cm³/mol. The molecule has 128 valence electrons. The van der Waals surface area contributed by atoms with Gasteiger partial charge in [0.1, 0.15) is 0 Å². The van der Waals surface area contributed by atoms with Crippen molar-refractivity contribution in [2.24, 2.45) is 11.7 Å². The van der Waals surface area contributed by atoms with Gasteiger partial charge in [-0.05, 0) is 51.1 Å². The molecule has 1 atom stereocenters. The van der Waals surface area contributed by atoms with Crippen LogP contribution < -0.4 is 16.7 Å². The minimum atomic E-state index is -0.306. The maximum atomic E-state index is 12.4. The number of aromatic nitrogens is 2. The number of piperidine rings is 1. The zero-order chi connectivity index (χ0) is 17.3. The molecular formula is C16H21N5O3. The maximum absolute atomic E-state index is 12.4. The fraction of sp³-hybridized carbons (Fsp3) is 0.438. The lowest BCUT2D eigenvalue weighted by atomic mass is 9.95. The van der Waals surface area contributed by atoms with Crippen LogP contribution in [0.25, 0.3) is 11.0 Å². The second-order valence-electron chi connectivity index (χ2n) is 6.22. The summed E-state index contributed by atoms with van der Waals surface area (Å²) in [5.41, 5.74) is 7.02. The number of nitrogens with one attached hydrogen (secondary N) is 3. The molecule has 8 nitrogen and oxygen atoms in total. The number of nitrogens with zero attached hydrogens (tertiary/aromatic N) is 1. The van der Waals surface area contributed by atoms with Crippen molar-refractivity contribution in [1.82, 2.24) is 14.9 Å². The standard InChI is InChI=1S/C16H21N5O3/c1-9(21-6-4-10(5-7-21)14(17)22)15(23)18-11-2-3-12-13(8-11)20-16(24)19-12/h2-3,8-10H,4-7H2,1H3,(H2,17,22)(H,18,23)(H2,19,20,24)/t9-/m0/s1. The zero-order valence-electron chi connectivity index (χ0n) is 13.5. The number of benzene rings is 1. The van der Waals surface area contributed by atoms with Gasteiger partial charge in [0.05, 0.1) is 17.1 Å². The highest BCUT2D eigenvalue weighted by Crippen LogP contribution is 2.20. The van der Waals surface area contributed by atoms with Gasteiger partial charge >= 0.3 is 5.69 Å². The molecule has 24 heavy (non-hydrogen) atoms. The first-order chi connectivity index (χ1) is 11.4. The third-order valence-corrected chi connectivity index (χ3v) is 4.64. The van der Waals surface area contributed by atoms with E-state index < -0.39 is 0 Å². The molecule has 2 heterocycles. The molecule has 0 radical (unpaired) electrons. The molecular weight excluding hydrogens is 310 g/mol. The van der Waals surface area contributed by atoms with E-state index in [1.807, 2.05) is 11.8 Å². The van der Waals surface area contributed by atoms with Crippen molar-refractivity contribution < 1.29 is 9.59 Å². The monoisotopic (exact) mass is 331 g/mol.